The molecule has 0 aromatic carbocycles. The van der Waals surface area contributed by atoms with Gasteiger partial charge in [-0.05, 0) is 20.3 Å². The minimum absolute atomic E-state index is 0.0250. The van der Waals surface area contributed by atoms with E-state index in [1.807, 2.05) is 0 Å². The summed E-state index contributed by atoms with van der Waals surface area (Å²) in [5.74, 6) is 0.584. The van der Waals surface area contributed by atoms with Crippen molar-refractivity contribution in [3.63, 3.8) is 0 Å². The Morgan fingerprint density at radius 2 is 2.28 bits per heavy atom. The highest BCUT2D eigenvalue weighted by molar-refractivity contribution is 5.37. The molecule has 1 aromatic heterocycles. The fourth-order valence-corrected chi connectivity index (χ4v) is 2.39. The Balaban J connectivity index is 2.28. The molecule has 1 fully saturated rings. The Morgan fingerprint density at radius 3 is 2.94 bits per heavy atom. The number of nitrogens with zero attached hydrogens (tertiary/aromatic N) is 3. The van der Waals surface area contributed by atoms with Crippen molar-refractivity contribution in [2.24, 2.45) is 0 Å². The van der Waals surface area contributed by atoms with Crippen LogP contribution in [-0.2, 0) is 6.54 Å². The molecular formula is C13H22N4O. The van der Waals surface area contributed by atoms with Crippen LogP contribution in [0.25, 0.3) is 0 Å². The summed E-state index contributed by atoms with van der Waals surface area (Å²) in [6.45, 7) is 9.65. The predicted octanol–water partition coefficient (Wildman–Crippen LogP) is 0.841. The Labute approximate surface area is 108 Å². The van der Waals surface area contributed by atoms with E-state index < -0.39 is 0 Å². The van der Waals surface area contributed by atoms with E-state index >= 15 is 0 Å². The number of aromatic nitrogens is 2. The van der Waals surface area contributed by atoms with Crippen molar-refractivity contribution in [2.45, 2.75) is 39.3 Å². The van der Waals surface area contributed by atoms with Gasteiger partial charge in [0.05, 0.1) is 0 Å². The summed E-state index contributed by atoms with van der Waals surface area (Å²) in [7, 11) is 0. The zero-order chi connectivity index (χ0) is 13.2. The van der Waals surface area contributed by atoms with Gasteiger partial charge in [0.25, 0.3) is 5.56 Å². The lowest BCUT2D eigenvalue weighted by atomic mass is 10.0. The molecule has 18 heavy (non-hydrogen) atoms. The lowest BCUT2D eigenvalue weighted by molar-refractivity contribution is 0.351. The zero-order valence-electron chi connectivity index (χ0n) is 11.4. The Bertz CT molecular complexity index is 466. The number of anilines is 1. The summed E-state index contributed by atoms with van der Waals surface area (Å²) >= 11 is 0. The van der Waals surface area contributed by atoms with Crippen LogP contribution in [-0.4, -0.2) is 34.7 Å². The van der Waals surface area contributed by atoms with Crippen LogP contribution in [0.4, 0.5) is 5.82 Å². The molecule has 5 heteroatoms. The van der Waals surface area contributed by atoms with Crippen molar-refractivity contribution in [3.05, 3.63) is 22.7 Å². The van der Waals surface area contributed by atoms with E-state index in [0.717, 1.165) is 32.6 Å². The maximum atomic E-state index is 12.3. The van der Waals surface area contributed by atoms with Crippen molar-refractivity contribution in [1.29, 1.82) is 0 Å². The molecule has 1 saturated heterocycles. The van der Waals surface area contributed by atoms with Crippen molar-refractivity contribution < 1.29 is 0 Å². The quantitative estimate of drug-likeness (QED) is 0.864. The number of piperazine rings is 1. The van der Waals surface area contributed by atoms with Crippen molar-refractivity contribution in [2.75, 3.05) is 24.5 Å². The van der Waals surface area contributed by atoms with E-state index in [-0.39, 0.29) is 11.1 Å². The molecule has 0 aliphatic carbocycles. The predicted molar refractivity (Wildman–Crippen MR) is 73.1 cm³/mol. The van der Waals surface area contributed by atoms with Gasteiger partial charge < -0.3 is 14.8 Å². The molecule has 0 bridgehead atoms. The fourth-order valence-electron chi connectivity index (χ4n) is 2.39. The molecule has 0 spiro atoms. The topological polar surface area (TPSA) is 50.2 Å². The molecule has 0 radical (unpaired) electrons. The van der Waals surface area contributed by atoms with Crippen LogP contribution in [0.2, 0.25) is 0 Å². The molecule has 2 rings (SSSR count). The Hall–Kier alpha value is -1.36. The molecule has 5 nitrogen and oxygen atoms in total. The maximum Gasteiger partial charge on any atom is 0.293 e. The van der Waals surface area contributed by atoms with E-state index in [2.05, 4.69) is 36.0 Å². The second-order valence-electron chi connectivity index (χ2n) is 5.48. The zero-order valence-corrected chi connectivity index (χ0v) is 11.4. The summed E-state index contributed by atoms with van der Waals surface area (Å²) in [6.07, 6.45) is 4.44. The summed E-state index contributed by atoms with van der Waals surface area (Å²) in [6, 6.07) is 0. The first kappa shape index (κ1) is 13.1. The standard InChI is InChI=1S/C13H22N4O/c1-4-7-16-8-5-14-11(12(16)18)17-9-6-15-13(2,3)10-17/h5,8,15H,4,6-7,9-10H2,1-3H3. The third kappa shape index (κ3) is 2.72. The molecule has 0 unspecified atom stereocenters. The molecule has 1 aliphatic rings. The summed E-state index contributed by atoms with van der Waals surface area (Å²) in [5.41, 5.74) is 0.0506. The molecule has 1 aliphatic heterocycles. The van der Waals surface area contributed by atoms with Crippen LogP contribution in [0.15, 0.2) is 17.2 Å². The van der Waals surface area contributed by atoms with E-state index in [0.29, 0.717) is 5.82 Å². The molecule has 2 heterocycles. The van der Waals surface area contributed by atoms with Gasteiger partial charge in [-0.3, -0.25) is 4.79 Å². The third-order valence-electron chi connectivity index (χ3n) is 3.23. The number of aryl methyl sites for hydroxylation is 1. The SMILES string of the molecule is CCCn1ccnc(N2CCNC(C)(C)C2)c1=O. The summed E-state index contributed by atoms with van der Waals surface area (Å²) in [5, 5.41) is 3.44. The second-order valence-corrected chi connectivity index (χ2v) is 5.48. The van der Waals surface area contributed by atoms with Gasteiger partial charge in [0.1, 0.15) is 0 Å². The maximum absolute atomic E-state index is 12.3. The summed E-state index contributed by atoms with van der Waals surface area (Å²) in [4.78, 5) is 18.7. The summed E-state index contributed by atoms with van der Waals surface area (Å²) < 4.78 is 1.75. The number of hydrogen-bond acceptors (Lipinski definition) is 4. The molecule has 0 saturated carbocycles. The van der Waals surface area contributed by atoms with Crippen molar-refractivity contribution in [1.82, 2.24) is 14.9 Å². The molecular weight excluding hydrogens is 228 g/mol. The van der Waals surface area contributed by atoms with Crippen LogP contribution in [0.5, 0.6) is 0 Å². The van der Waals surface area contributed by atoms with Gasteiger partial charge in [0, 0.05) is 44.1 Å². The van der Waals surface area contributed by atoms with Crippen molar-refractivity contribution in [3.8, 4) is 0 Å². The highest BCUT2D eigenvalue weighted by atomic mass is 16.1. The van der Waals surface area contributed by atoms with Gasteiger partial charge in [-0.15, -0.1) is 0 Å². The van der Waals surface area contributed by atoms with Gasteiger partial charge >= 0.3 is 0 Å². The van der Waals surface area contributed by atoms with Crippen LogP contribution in [0, 0.1) is 0 Å². The molecule has 1 aromatic rings. The average molecular weight is 250 g/mol. The van der Waals surface area contributed by atoms with E-state index in [4.69, 9.17) is 0 Å². The average Bonchev–Trinajstić information content (AvgIpc) is 2.31. The first-order valence-corrected chi connectivity index (χ1v) is 6.59. The molecule has 100 valence electrons. The monoisotopic (exact) mass is 250 g/mol. The van der Waals surface area contributed by atoms with Crippen LogP contribution in [0.3, 0.4) is 0 Å². The number of rotatable bonds is 3. The van der Waals surface area contributed by atoms with Gasteiger partial charge in [-0.2, -0.15) is 0 Å². The first-order valence-electron chi connectivity index (χ1n) is 6.59. The minimum atomic E-state index is 0.0250. The highest BCUT2D eigenvalue weighted by Gasteiger charge is 2.27. The normalized spacial score (nSPS) is 18.9. The van der Waals surface area contributed by atoms with Gasteiger partial charge in [-0.1, -0.05) is 6.92 Å². The lowest BCUT2D eigenvalue weighted by Gasteiger charge is -2.39. The molecule has 0 amide bonds. The largest absolute Gasteiger partial charge is 0.349 e. The second kappa shape index (κ2) is 5.10. The van der Waals surface area contributed by atoms with E-state index in [1.54, 1.807) is 17.0 Å². The van der Waals surface area contributed by atoms with E-state index in [1.165, 1.54) is 0 Å². The lowest BCUT2D eigenvalue weighted by Crippen LogP contribution is -2.58. The van der Waals surface area contributed by atoms with Gasteiger partial charge in [-0.25, -0.2) is 4.98 Å². The van der Waals surface area contributed by atoms with Gasteiger partial charge in [0.2, 0.25) is 0 Å². The number of nitrogens with one attached hydrogen (secondary N) is 1. The number of hydrogen-bond donors (Lipinski definition) is 1. The van der Waals surface area contributed by atoms with Crippen LogP contribution >= 0.6 is 0 Å². The molecule has 1 N–H and O–H groups in total. The third-order valence-corrected chi connectivity index (χ3v) is 3.23. The highest BCUT2D eigenvalue weighted by Crippen LogP contribution is 2.14. The fraction of sp³-hybridized carbons (Fsp3) is 0.692. The first-order chi connectivity index (χ1) is 8.53. The van der Waals surface area contributed by atoms with Crippen LogP contribution < -0.4 is 15.8 Å². The Morgan fingerprint density at radius 1 is 1.50 bits per heavy atom. The van der Waals surface area contributed by atoms with Gasteiger partial charge in [0.15, 0.2) is 5.82 Å². The van der Waals surface area contributed by atoms with Crippen LogP contribution in [0.1, 0.15) is 27.2 Å². The Kier molecular flexibility index (Phi) is 3.71. The van der Waals surface area contributed by atoms with Crippen molar-refractivity contribution >= 4 is 5.82 Å². The molecule has 0 atom stereocenters. The van der Waals surface area contributed by atoms with E-state index in [9.17, 15) is 4.79 Å². The smallest absolute Gasteiger partial charge is 0.293 e. The minimum Gasteiger partial charge on any atom is -0.349 e.